The van der Waals surface area contributed by atoms with Crippen molar-refractivity contribution in [3.63, 3.8) is 0 Å². The number of hydrogen-bond acceptors (Lipinski definition) is 5. The zero-order valence-electron chi connectivity index (χ0n) is 16.4. The van der Waals surface area contributed by atoms with Crippen molar-refractivity contribution in [2.75, 3.05) is 0 Å². The van der Waals surface area contributed by atoms with Crippen molar-refractivity contribution in [2.45, 2.75) is 26.0 Å². The minimum Gasteiger partial charge on any atom is -0.457 e. The van der Waals surface area contributed by atoms with Crippen LogP contribution in [0.25, 0.3) is 0 Å². The highest BCUT2D eigenvalue weighted by molar-refractivity contribution is 5.80. The maximum absolute atomic E-state index is 12.5. The molecule has 3 aromatic rings. The van der Waals surface area contributed by atoms with Crippen LogP contribution in [0.4, 0.5) is 4.79 Å². The highest BCUT2D eigenvalue weighted by Crippen LogP contribution is 2.07. The summed E-state index contributed by atoms with van der Waals surface area (Å²) in [7, 11) is 0. The Morgan fingerprint density at radius 3 is 1.57 bits per heavy atom. The molecule has 1 atom stereocenters. The van der Waals surface area contributed by atoms with Crippen LogP contribution in [-0.2, 0) is 38.8 Å². The number of rotatable bonds is 9. The molecule has 0 bridgehead atoms. The predicted octanol–water partition coefficient (Wildman–Crippen LogP) is 4.20. The first kappa shape index (κ1) is 21.1. The van der Waals surface area contributed by atoms with Crippen LogP contribution >= 0.6 is 0 Å². The second-order valence-electron chi connectivity index (χ2n) is 6.48. The minimum absolute atomic E-state index is 0.0750. The standard InChI is InChI=1S/C24H23NO5/c26-23(29-17-20-12-6-2-7-13-20)22(28-16-19-10-4-1-5-11-19)25-24(27)30-18-21-14-8-3-9-15-21/h1-15,22H,16-18H2,(H,25,27)/t22-/m0/s1. The van der Waals surface area contributed by atoms with E-state index in [1.807, 2.05) is 91.0 Å². The van der Waals surface area contributed by atoms with Gasteiger partial charge in [0.25, 0.3) is 0 Å². The van der Waals surface area contributed by atoms with Crippen molar-refractivity contribution in [3.8, 4) is 0 Å². The van der Waals surface area contributed by atoms with E-state index < -0.39 is 18.3 Å². The number of esters is 1. The third-order valence-corrected chi connectivity index (χ3v) is 4.16. The molecule has 1 amide bonds. The van der Waals surface area contributed by atoms with Crippen molar-refractivity contribution in [1.82, 2.24) is 5.32 Å². The highest BCUT2D eigenvalue weighted by Gasteiger charge is 2.24. The molecule has 1 N–H and O–H groups in total. The van der Waals surface area contributed by atoms with Crippen molar-refractivity contribution in [1.29, 1.82) is 0 Å². The molecule has 0 unspecified atom stereocenters. The molecule has 154 valence electrons. The Morgan fingerprint density at radius 1 is 0.633 bits per heavy atom. The summed E-state index contributed by atoms with van der Waals surface area (Å²) < 4.78 is 16.1. The molecule has 3 aromatic carbocycles. The summed E-state index contributed by atoms with van der Waals surface area (Å²) in [4.78, 5) is 24.7. The SMILES string of the molecule is O=C(N[C@@H](OCc1ccccc1)C(=O)OCc1ccccc1)OCc1ccccc1. The third-order valence-electron chi connectivity index (χ3n) is 4.16. The van der Waals surface area contributed by atoms with Gasteiger partial charge in [0.1, 0.15) is 13.2 Å². The summed E-state index contributed by atoms with van der Waals surface area (Å²) in [5.41, 5.74) is 2.53. The van der Waals surface area contributed by atoms with Crippen LogP contribution in [0.3, 0.4) is 0 Å². The highest BCUT2D eigenvalue weighted by atomic mass is 16.6. The fourth-order valence-electron chi connectivity index (χ4n) is 2.60. The molecule has 3 rings (SSSR count). The molecule has 0 saturated heterocycles. The number of benzene rings is 3. The molecule has 0 aromatic heterocycles. The maximum Gasteiger partial charge on any atom is 0.409 e. The topological polar surface area (TPSA) is 73.9 Å². The molecule has 0 saturated carbocycles. The van der Waals surface area contributed by atoms with E-state index in [2.05, 4.69) is 5.32 Å². The van der Waals surface area contributed by atoms with Crippen molar-refractivity contribution >= 4 is 12.1 Å². The monoisotopic (exact) mass is 405 g/mol. The molecule has 0 spiro atoms. The quantitative estimate of drug-likeness (QED) is 0.427. The van der Waals surface area contributed by atoms with E-state index in [1.54, 1.807) is 0 Å². The fraction of sp³-hybridized carbons (Fsp3) is 0.167. The number of carbonyl (C=O) groups excluding carboxylic acids is 2. The minimum atomic E-state index is -1.29. The van der Waals surface area contributed by atoms with Gasteiger partial charge in [-0.2, -0.15) is 0 Å². The first-order valence-electron chi connectivity index (χ1n) is 9.54. The van der Waals surface area contributed by atoms with Gasteiger partial charge in [0.2, 0.25) is 6.23 Å². The van der Waals surface area contributed by atoms with Gasteiger partial charge in [-0.15, -0.1) is 0 Å². The van der Waals surface area contributed by atoms with E-state index in [0.29, 0.717) is 0 Å². The normalized spacial score (nSPS) is 11.3. The summed E-state index contributed by atoms with van der Waals surface area (Å²) in [5.74, 6) is -0.702. The Morgan fingerprint density at radius 2 is 1.07 bits per heavy atom. The summed E-state index contributed by atoms with van der Waals surface area (Å²) in [6, 6.07) is 27.9. The Kier molecular flexibility index (Phi) is 8.00. The first-order chi connectivity index (χ1) is 14.7. The van der Waals surface area contributed by atoms with Gasteiger partial charge in [-0.25, -0.2) is 9.59 Å². The average Bonchev–Trinajstić information content (AvgIpc) is 2.81. The van der Waals surface area contributed by atoms with Gasteiger partial charge >= 0.3 is 12.1 Å². The van der Waals surface area contributed by atoms with Crippen molar-refractivity contribution < 1.29 is 23.8 Å². The maximum atomic E-state index is 12.5. The molecule has 0 aliphatic heterocycles. The van der Waals surface area contributed by atoms with Crippen LogP contribution < -0.4 is 5.32 Å². The zero-order chi connectivity index (χ0) is 21.0. The smallest absolute Gasteiger partial charge is 0.409 e. The first-order valence-corrected chi connectivity index (χ1v) is 9.54. The predicted molar refractivity (Wildman–Crippen MR) is 111 cm³/mol. The largest absolute Gasteiger partial charge is 0.457 e. The second kappa shape index (κ2) is 11.4. The van der Waals surface area contributed by atoms with Gasteiger partial charge in [-0.1, -0.05) is 91.0 Å². The number of amides is 1. The van der Waals surface area contributed by atoms with E-state index in [0.717, 1.165) is 16.7 Å². The van der Waals surface area contributed by atoms with E-state index in [9.17, 15) is 9.59 Å². The van der Waals surface area contributed by atoms with Gasteiger partial charge in [-0.05, 0) is 16.7 Å². The molecule has 0 heterocycles. The number of nitrogens with one attached hydrogen (secondary N) is 1. The van der Waals surface area contributed by atoms with Crippen LogP contribution in [0.1, 0.15) is 16.7 Å². The molecular formula is C24H23NO5. The van der Waals surface area contributed by atoms with Crippen molar-refractivity contribution in [3.05, 3.63) is 108 Å². The van der Waals surface area contributed by atoms with Gasteiger partial charge in [-0.3, -0.25) is 5.32 Å². The van der Waals surface area contributed by atoms with Crippen LogP contribution in [0.2, 0.25) is 0 Å². The number of hydrogen-bond donors (Lipinski definition) is 1. The van der Waals surface area contributed by atoms with Crippen LogP contribution in [0, 0.1) is 0 Å². The second-order valence-corrected chi connectivity index (χ2v) is 6.48. The molecule has 6 nitrogen and oxygen atoms in total. The lowest BCUT2D eigenvalue weighted by molar-refractivity contribution is -0.161. The third kappa shape index (κ3) is 7.07. The number of carbonyl (C=O) groups is 2. The molecule has 0 aliphatic carbocycles. The Labute approximate surface area is 175 Å². The van der Waals surface area contributed by atoms with Gasteiger partial charge < -0.3 is 14.2 Å². The Bertz CT molecular complexity index is 916. The average molecular weight is 405 g/mol. The lowest BCUT2D eigenvalue weighted by Gasteiger charge is -2.18. The summed E-state index contributed by atoms with van der Waals surface area (Å²) in [5, 5.41) is 2.44. The molecule has 0 fully saturated rings. The van der Waals surface area contributed by atoms with E-state index >= 15 is 0 Å². The van der Waals surface area contributed by atoms with Crippen LogP contribution in [0.5, 0.6) is 0 Å². The summed E-state index contributed by atoms with van der Waals surface area (Å²) >= 11 is 0. The number of alkyl carbamates (subject to hydrolysis) is 1. The number of ether oxygens (including phenoxy) is 3. The van der Waals surface area contributed by atoms with Gasteiger partial charge in [0.05, 0.1) is 6.61 Å². The molecular weight excluding hydrogens is 382 g/mol. The van der Waals surface area contributed by atoms with E-state index in [1.165, 1.54) is 0 Å². The molecule has 6 heteroatoms. The zero-order valence-corrected chi connectivity index (χ0v) is 16.4. The lowest BCUT2D eigenvalue weighted by Crippen LogP contribution is -2.43. The summed E-state index contributed by atoms with van der Waals surface area (Å²) in [6.45, 7) is 0.285. The van der Waals surface area contributed by atoms with Crippen molar-refractivity contribution in [2.24, 2.45) is 0 Å². The fourth-order valence-corrected chi connectivity index (χ4v) is 2.60. The van der Waals surface area contributed by atoms with E-state index in [4.69, 9.17) is 14.2 Å². The van der Waals surface area contributed by atoms with Gasteiger partial charge in [0.15, 0.2) is 0 Å². The van der Waals surface area contributed by atoms with Gasteiger partial charge in [0, 0.05) is 0 Å². The summed E-state index contributed by atoms with van der Waals surface area (Å²) in [6.07, 6.45) is -2.06. The molecule has 30 heavy (non-hydrogen) atoms. The molecule has 0 radical (unpaired) electrons. The molecule has 0 aliphatic rings. The lowest BCUT2D eigenvalue weighted by atomic mass is 10.2. The Hall–Kier alpha value is -3.64. The Balaban J connectivity index is 1.57. The van der Waals surface area contributed by atoms with E-state index in [-0.39, 0.29) is 19.8 Å². The van der Waals surface area contributed by atoms with Crippen LogP contribution in [0.15, 0.2) is 91.0 Å². The van der Waals surface area contributed by atoms with Crippen LogP contribution in [-0.4, -0.2) is 18.3 Å².